The highest BCUT2D eigenvalue weighted by atomic mass is 32.1. The Labute approximate surface area is 273 Å². The SMILES string of the molecule is CC(C)(O)C(C)(C)O[B]c1ccc2sc3ccccc3c2c1-c1ccc(-c2nc(-c3ccccc3)nc(-c3ccccc3)n2)cc1. The van der Waals surface area contributed by atoms with Gasteiger partial charge in [0.25, 0.3) is 0 Å². The van der Waals surface area contributed by atoms with Crippen LogP contribution in [0.5, 0.6) is 0 Å². The van der Waals surface area contributed by atoms with Gasteiger partial charge in [0.05, 0.1) is 11.2 Å². The van der Waals surface area contributed by atoms with Gasteiger partial charge in [-0.25, -0.2) is 15.0 Å². The Morgan fingerprint density at radius 3 is 1.63 bits per heavy atom. The van der Waals surface area contributed by atoms with Crippen molar-refractivity contribution < 1.29 is 9.76 Å². The summed E-state index contributed by atoms with van der Waals surface area (Å²) in [4.78, 5) is 14.7. The van der Waals surface area contributed by atoms with Crippen molar-refractivity contribution in [2.45, 2.75) is 38.9 Å². The van der Waals surface area contributed by atoms with Crippen LogP contribution in [-0.2, 0) is 4.65 Å². The van der Waals surface area contributed by atoms with Gasteiger partial charge in [-0.1, -0.05) is 109 Å². The van der Waals surface area contributed by atoms with Gasteiger partial charge >= 0.3 is 7.48 Å². The second-order valence-electron chi connectivity index (χ2n) is 12.4. The molecular formula is C39H33BN3O2S. The Kier molecular flexibility index (Phi) is 7.77. The molecule has 0 aliphatic rings. The maximum Gasteiger partial charge on any atom is 0.331 e. The van der Waals surface area contributed by atoms with Gasteiger partial charge < -0.3 is 9.76 Å². The van der Waals surface area contributed by atoms with Gasteiger partial charge in [0.2, 0.25) is 0 Å². The molecular weight excluding hydrogens is 585 g/mol. The lowest BCUT2D eigenvalue weighted by molar-refractivity contribution is -0.0893. The Morgan fingerprint density at radius 1 is 0.565 bits per heavy atom. The van der Waals surface area contributed by atoms with Crippen molar-refractivity contribution in [1.29, 1.82) is 0 Å². The lowest BCUT2D eigenvalue weighted by Crippen LogP contribution is -2.49. The molecule has 5 nitrogen and oxygen atoms in total. The first-order chi connectivity index (χ1) is 22.2. The second-order valence-corrected chi connectivity index (χ2v) is 13.5. The minimum absolute atomic E-state index is 0.612. The van der Waals surface area contributed by atoms with Crippen LogP contribution in [0.2, 0.25) is 0 Å². The molecule has 0 amide bonds. The number of aromatic nitrogens is 3. The number of thiophene rings is 1. The van der Waals surface area contributed by atoms with Crippen molar-refractivity contribution in [3.63, 3.8) is 0 Å². The number of rotatable bonds is 8. The van der Waals surface area contributed by atoms with E-state index in [0.717, 1.165) is 33.3 Å². The summed E-state index contributed by atoms with van der Waals surface area (Å²) in [5, 5.41) is 13.1. The number of hydrogen-bond acceptors (Lipinski definition) is 6. The van der Waals surface area contributed by atoms with Crippen molar-refractivity contribution in [3.05, 3.63) is 121 Å². The molecule has 0 aliphatic carbocycles. The third-order valence-electron chi connectivity index (χ3n) is 8.66. The van der Waals surface area contributed by atoms with E-state index in [2.05, 4.69) is 60.7 Å². The molecule has 0 bridgehead atoms. The van der Waals surface area contributed by atoms with Gasteiger partial charge in [0, 0.05) is 36.9 Å². The molecule has 0 aliphatic heterocycles. The fraction of sp³-hybridized carbons (Fsp3) is 0.154. The van der Waals surface area contributed by atoms with E-state index in [1.165, 1.54) is 20.2 Å². The summed E-state index contributed by atoms with van der Waals surface area (Å²) < 4.78 is 8.72. The predicted octanol–water partition coefficient (Wildman–Crippen LogP) is 8.72. The van der Waals surface area contributed by atoms with Gasteiger partial charge in [-0.2, -0.15) is 0 Å². The van der Waals surface area contributed by atoms with E-state index < -0.39 is 11.2 Å². The van der Waals surface area contributed by atoms with Crippen LogP contribution in [0.25, 0.3) is 65.5 Å². The van der Waals surface area contributed by atoms with E-state index >= 15 is 0 Å². The van der Waals surface area contributed by atoms with Gasteiger partial charge in [0.1, 0.15) is 0 Å². The van der Waals surface area contributed by atoms with Crippen molar-refractivity contribution in [2.24, 2.45) is 0 Å². The molecule has 7 heteroatoms. The lowest BCUT2D eigenvalue weighted by Gasteiger charge is -2.37. The number of aliphatic hydroxyl groups is 1. The third-order valence-corrected chi connectivity index (χ3v) is 9.80. The fourth-order valence-electron chi connectivity index (χ4n) is 5.32. The summed E-state index contributed by atoms with van der Waals surface area (Å²) in [5.41, 5.74) is 4.01. The summed E-state index contributed by atoms with van der Waals surface area (Å²) >= 11 is 1.78. The van der Waals surface area contributed by atoms with Gasteiger partial charge in [0.15, 0.2) is 17.5 Å². The Hall–Kier alpha value is -4.69. The number of fused-ring (bicyclic) bond motifs is 3. The van der Waals surface area contributed by atoms with Crippen LogP contribution in [0.3, 0.4) is 0 Å². The van der Waals surface area contributed by atoms with E-state index in [4.69, 9.17) is 19.6 Å². The molecule has 0 atom stereocenters. The molecule has 225 valence electrons. The molecule has 5 aromatic carbocycles. The average Bonchev–Trinajstić information content (AvgIpc) is 3.46. The first-order valence-electron chi connectivity index (χ1n) is 15.3. The monoisotopic (exact) mass is 618 g/mol. The van der Waals surface area contributed by atoms with E-state index in [1.807, 2.05) is 74.5 Å². The summed E-state index contributed by atoms with van der Waals surface area (Å²) in [6.45, 7) is 7.34. The van der Waals surface area contributed by atoms with Crippen LogP contribution in [-0.4, -0.2) is 38.7 Å². The van der Waals surface area contributed by atoms with Crippen LogP contribution in [0, 0.1) is 0 Å². The molecule has 0 unspecified atom stereocenters. The number of hydrogen-bond donors (Lipinski definition) is 1. The molecule has 0 saturated heterocycles. The van der Waals surface area contributed by atoms with Gasteiger partial charge in [-0.15, -0.1) is 11.3 Å². The molecule has 2 aromatic heterocycles. The van der Waals surface area contributed by atoms with Crippen LogP contribution < -0.4 is 5.46 Å². The van der Waals surface area contributed by atoms with E-state index in [0.29, 0.717) is 17.5 Å². The molecule has 0 fully saturated rings. The average molecular weight is 619 g/mol. The molecule has 0 spiro atoms. The smallest absolute Gasteiger partial charge is 0.331 e. The predicted molar refractivity (Wildman–Crippen MR) is 191 cm³/mol. The molecule has 2 heterocycles. The highest BCUT2D eigenvalue weighted by Gasteiger charge is 2.36. The van der Waals surface area contributed by atoms with E-state index in [-0.39, 0.29) is 0 Å². The first-order valence-corrected chi connectivity index (χ1v) is 16.1. The fourth-order valence-corrected chi connectivity index (χ4v) is 6.43. The molecule has 46 heavy (non-hydrogen) atoms. The standard InChI is InChI=1S/C39H33BN3O2S/c1-38(2,44)39(3,4)45-40-30-23-24-32-34(29-17-11-12-18-31(29)46-32)33(30)25-19-21-28(22-20-25)37-42-35(26-13-7-5-8-14-26)41-36(43-37)27-15-9-6-10-16-27/h5-24,44H,1-4H3. The van der Waals surface area contributed by atoms with Gasteiger partial charge in [-0.05, 0) is 56.4 Å². The zero-order valence-corrected chi connectivity index (χ0v) is 27.0. The second kappa shape index (κ2) is 11.9. The minimum Gasteiger partial charge on any atom is -0.427 e. The Bertz CT molecular complexity index is 2100. The molecule has 0 saturated carbocycles. The summed E-state index contributed by atoms with van der Waals surface area (Å²) in [6.07, 6.45) is 0. The highest BCUT2D eigenvalue weighted by molar-refractivity contribution is 7.26. The quantitative estimate of drug-likeness (QED) is 0.173. The van der Waals surface area contributed by atoms with Crippen LogP contribution >= 0.6 is 11.3 Å². The van der Waals surface area contributed by atoms with Crippen LogP contribution in [0.4, 0.5) is 0 Å². The van der Waals surface area contributed by atoms with Crippen LogP contribution in [0.1, 0.15) is 27.7 Å². The van der Waals surface area contributed by atoms with E-state index in [9.17, 15) is 5.11 Å². The zero-order valence-electron chi connectivity index (χ0n) is 26.2. The molecule has 1 radical (unpaired) electrons. The van der Waals surface area contributed by atoms with Crippen molar-refractivity contribution >= 4 is 44.5 Å². The summed E-state index contributed by atoms with van der Waals surface area (Å²) in [7, 11) is 1.79. The number of benzene rings is 5. The minimum atomic E-state index is -1.04. The first kappa shape index (κ1) is 30.0. The number of nitrogens with zero attached hydrogens (tertiary/aromatic N) is 3. The summed E-state index contributed by atoms with van der Waals surface area (Å²) in [6, 6.07) is 41.2. The maximum atomic E-state index is 10.8. The zero-order chi connectivity index (χ0) is 31.9. The van der Waals surface area contributed by atoms with Gasteiger partial charge in [-0.3, -0.25) is 0 Å². The third kappa shape index (κ3) is 5.74. The van der Waals surface area contributed by atoms with Crippen molar-refractivity contribution in [3.8, 4) is 45.3 Å². The van der Waals surface area contributed by atoms with Crippen LogP contribution in [0.15, 0.2) is 121 Å². The molecule has 7 rings (SSSR count). The topological polar surface area (TPSA) is 68.1 Å². The highest BCUT2D eigenvalue weighted by Crippen LogP contribution is 2.40. The largest absolute Gasteiger partial charge is 0.427 e. The lowest BCUT2D eigenvalue weighted by atomic mass is 9.77. The van der Waals surface area contributed by atoms with Crippen molar-refractivity contribution in [1.82, 2.24) is 15.0 Å². The van der Waals surface area contributed by atoms with Crippen molar-refractivity contribution in [2.75, 3.05) is 0 Å². The van der Waals surface area contributed by atoms with E-state index in [1.54, 1.807) is 32.7 Å². The Morgan fingerprint density at radius 2 is 1.07 bits per heavy atom. The maximum absolute atomic E-state index is 10.8. The molecule has 7 aromatic rings. The normalized spacial score (nSPS) is 12.1. The summed E-state index contributed by atoms with van der Waals surface area (Å²) in [5.74, 6) is 1.87. The molecule has 1 N–H and O–H groups in total. The Balaban J connectivity index is 1.35.